The van der Waals surface area contributed by atoms with E-state index in [-0.39, 0.29) is 18.7 Å². The Labute approximate surface area is 152 Å². The summed E-state index contributed by atoms with van der Waals surface area (Å²) >= 11 is 0. The Morgan fingerprint density at radius 3 is 2.46 bits per heavy atom. The van der Waals surface area contributed by atoms with Crippen molar-refractivity contribution >= 4 is 11.8 Å². The second kappa shape index (κ2) is 7.46. The van der Waals surface area contributed by atoms with Crippen LogP contribution in [0.25, 0.3) is 0 Å². The lowest BCUT2D eigenvalue weighted by molar-refractivity contribution is 0.189. The van der Waals surface area contributed by atoms with Gasteiger partial charge in [0.2, 0.25) is 5.95 Å². The molecule has 0 unspecified atom stereocenters. The third kappa shape index (κ3) is 3.73. The smallest absolute Gasteiger partial charge is 0.229 e. The molecule has 1 fully saturated rings. The van der Waals surface area contributed by atoms with Gasteiger partial charge in [-0.3, -0.25) is 0 Å². The maximum absolute atomic E-state index is 9.72. The highest BCUT2D eigenvalue weighted by atomic mass is 16.3. The molecule has 0 aliphatic carbocycles. The molecular formula is C17H25N7O2. The largest absolute Gasteiger partial charge is 0.388 e. The molecule has 140 valence electrons. The summed E-state index contributed by atoms with van der Waals surface area (Å²) in [6.45, 7) is 8.94. The average Bonchev–Trinajstić information content (AvgIpc) is 2.60. The maximum Gasteiger partial charge on any atom is 0.229 e. The number of aromatic nitrogens is 5. The van der Waals surface area contributed by atoms with Gasteiger partial charge in [0.1, 0.15) is 24.4 Å². The van der Waals surface area contributed by atoms with Crippen molar-refractivity contribution in [3.63, 3.8) is 0 Å². The van der Waals surface area contributed by atoms with Gasteiger partial charge in [-0.05, 0) is 33.8 Å². The molecule has 9 nitrogen and oxygen atoms in total. The van der Waals surface area contributed by atoms with Crippen molar-refractivity contribution in [2.75, 3.05) is 22.9 Å². The van der Waals surface area contributed by atoms with Crippen molar-refractivity contribution in [2.24, 2.45) is 0 Å². The zero-order valence-corrected chi connectivity index (χ0v) is 15.5. The zero-order chi connectivity index (χ0) is 18.8. The van der Waals surface area contributed by atoms with Crippen LogP contribution in [0.15, 0.2) is 12.3 Å². The van der Waals surface area contributed by atoms with Crippen molar-refractivity contribution in [3.8, 4) is 0 Å². The molecule has 2 N–H and O–H groups in total. The van der Waals surface area contributed by atoms with Crippen LogP contribution in [-0.2, 0) is 6.61 Å². The summed E-state index contributed by atoms with van der Waals surface area (Å²) in [6, 6.07) is 2.13. The summed E-state index contributed by atoms with van der Waals surface area (Å²) in [5.74, 6) is 2.79. The first kappa shape index (κ1) is 18.4. The van der Waals surface area contributed by atoms with E-state index in [2.05, 4.69) is 48.6 Å². The molecule has 0 spiro atoms. The SMILES string of the molecule is Cc1nc(CO)nc(N2[C@H](C)CN(c3ccnc([C@@H](C)O)n3)C[C@@H]2C)n1. The number of anilines is 2. The van der Waals surface area contributed by atoms with Gasteiger partial charge in [0.25, 0.3) is 0 Å². The zero-order valence-electron chi connectivity index (χ0n) is 15.5. The van der Waals surface area contributed by atoms with Crippen molar-refractivity contribution < 1.29 is 10.2 Å². The normalized spacial score (nSPS) is 21.8. The number of aryl methyl sites for hydroxylation is 1. The molecule has 0 aromatic carbocycles. The Kier molecular flexibility index (Phi) is 5.28. The molecule has 3 heterocycles. The van der Waals surface area contributed by atoms with Gasteiger partial charge in [0.05, 0.1) is 0 Å². The van der Waals surface area contributed by atoms with Crippen LogP contribution in [0.2, 0.25) is 0 Å². The third-order valence-electron chi connectivity index (χ3n) is 4.43. The summed E-state index contributed by atoms with van der Waals surface area (Å²) in [7, 11) is 0. The molecule has 0 amide bonds. The summed E-state index contributed by atoms with van der Waals surface area (Å²) in [4.78, 5) is 25.9. The second-order valence-corrected chi connectivity index (χ2v) is 6.72. The van der Waals surface area contributed by atoms with Gasteiger partial charge in [-0.2, -0.15) is 9.97 Å². The number of hydrogen-bond acceptors (Lipinski definition) is 9. The van der Waals surface area contributed by atoms with Crippen molar-refractivity contribution in [3.05, 3.63) is 29.7 Å². The summed E-state index contributed by atoms with van der Waals surface area (Å²) in [5, 5.41) is 19.1. The van der Waals surface area contributed by atoms with Gasteiger partial charge in [-0.25, -0.2) is 15.0 Å². The van der Waals surface area contributed by atoms with Crippen LogP contribution in [-0.4, -0.2) is 60.3 Å². The quantitative estimate of drug-likeness (QED) is 0.811. The van der Waals surface area contributed by atoms with E-state index >= 15 is 0 Å². The lowest BCUT2D eigenvalue weighted by Gasteiger charge is -2.45. The third-order valence-corrected chi connectivity index (χ3v) is 4.43. The van der Waals surface area contributed by atoms with Crippen molar-refractivity contribution in [2.45, 2.75) is 52.5 Å². The van der Waals surface area contributed by atoms with E-state index in [1.807, 2.05) is 6.07 Å². The van der Waals surface area contributed by atoms with Gasteiger partial charge in [0, 0.05) is 31.4 Å². The van der Waals surface area contributed by atoms with Crippen LogP contribution in [0.5, 0.6) is 0 Å². The van der Waals surface area contributed by atoms with Crippen LogP contribution in [0.3, 0.4) is 0 Å². The maximum atomic E-state index is 9.72. The van der Waals surface area contributed by atoms with E-state index < -0.39 is 6.10 Å². The minimum absolute atomic E-state index is 0.136. The molecule has 3 rings (SSSR count). The molecule has 1 saturated heterocycles. The van der Waals surface area contributed by atoms with Crippen LogP contribution in [0.1, 0.15) is 44.3 Å². The highest BCUT2D eigenvalue weighted by Crippen LogP contribution is 2.25. The van der Waals surface area contributed by atoms with E-state index in [9.17, 15) is 10.2 Å². The fourth-order valence-electron chi connectivity index (χ4n) is 3.35. The number of aliphatic hydroxyl groups is 2. The topological polar surface area (TPSA) is 111 Å². The van der Waals surface area contributed by atoms with Crippen LogP contribution < -0.4 is 9.80 Å². The van der Waals surface area contributed by atoms with Crippen molar-refractivity contribution in [1.29, 1.82) is 0 Å². The van der Waals surface area contributed by atoms with Gasteiger partial charge >= 0.3 is 0 Å². The summed E-state index contributed by atoms with van der Waals surface area (Å²) in [6.07, 6.45) is 0.978. The predicted octanol–water partition coefficient (Wildman–Crippen LogP) is 0.619. The Hall–Kier alpha value is -2.39. The number of rotatable bonds is 4. The highest BCUT2D eigenvalue weighted by molar-refractivity contribution is 5.44. The van der Waals surface area contributed by atoms with Gasteiger partial charge in [-0.1, -0.05) is 0 Å². The second-order valence-electron chi connectivity index (χ2n) is 6.72. The molecule has 0 saturated carbocycles. The van der Waals surface area contributed by atoms with E-state index in [0.717, 1.165) is 18.9 Å². The monoisotopic (exact) mass is 359 g/mol. The molecule has 9 heteroatoms. The molecule has 0 radical (unpaired) electrons. The van der Waals surface area contributed by atoms with E-state index in [1.54, 1.807) is 20.0 Å². The minimum Gasteiger partial charge on any atom is -0.388 e. The highest BCUT2D eigenvalue weighted by Gasteiger charge is 2.32. The number of aliphatic hydroxyl groups excluding tert-OH is 2. The van der Waals surface area contributed by atoms with Gasteiger partial charge in [-0.15, -0.1) is 0 Å². The Morgan fingerprint density at radius 2 is 1.85 bits per heavy atom. The summed E-state index contributed by atoms with van der Waals surface area (Å²) < 4.78 is 0. The number of nitrogens with zero attached hydrogens (tertiary/aromatic N) is 7. The molecule has 1 aliphatic heterocycles. The van der Waals surface area contributed by atoms with Crippen molar-refractivity contribution in [1.82, 2.24) is 24.9 Å². The first-order valence-corrected chi connectivity index (χ1v) is 8.75. The van der Waals surface area contributed by atoms with Crippen LogP contribution in [0.4, 0.5) is 11.8 Å². The molecule has 0 bridgehead atoms. The molecular weight excluding hydrogens is 334 g/mol. The van der Waals surface area contributed by atoms with E-state index in [1.165, 1.54) is 0 Å². The van der Waals surface area contributed by atoms with Crippen LogP contribution in [0, 0.1) is 6.92 Å². The van der Waals surface area contributed by atoms with Crippen LogP contribution >= 0.6 is 0 Å². The lowest BCUT2D eigenvalue weighted by Crippen LogP contribution is -2.58. The number of hydrogen-bond donors (Lipinski definition) is 2. The number of piperazine rings is 1. The molecule has 3 atom stereocenters. The fourth-order valence-corrected chi connectivity index (χ4v) is 3.35. The minimum atomic E-state index is -0.698. The van der Waals surface area contributed by atoms with E-state index in [4.69, 9.17) is 0 Å². The first-order chi connectivity index (χ1) is 12.4. The predicted molar refractivity (Wildman–Crippen MR) is 96.8 cm³/mol. The average molecular weight is 359 g/mol. The van der Waals surface area contributed by atoms with E-state index in [0.29, 0.717) is 23.4 Å². The lowest BCUT2D eigenvalue weighted by atomic mass is 10.1. The molecule has 2 aromatic heterocycles. The Bertz CT molecular complexity index is 759. The standard InChI is InChI=1S/C17H25N7O2/c1-10-7-23(15-5-6-18-16(22-15)12(3)26)8-11(2)24(10)17-20-13(4)19-14(9-25)21-17/h5-6,10-12,25-26H,7-9H2,1-4H3/t10-,11+,12-/m1/s1. The van der Waals surface area contributed by atoms with Gasteiger partial charge < -0.3 is 20.0 Å². The Morgan fingerprint density at radius 1 is 1.15 bits per heavy atom. The fraction of sp³-hybridized carbons (Fsp3) is 0.588. The molecule has 1 aliphatic rings. The molecule has 26 heavy (non-hydrogen) atoms. The summed E-state index contributed by atoms with van der Waals surface area (Å²) in [5.41, 5.74) is 0. The first-order valence-electron chi connectivity index (χ1n) is 8.75. The molecule has 2 aromatic rings. The van der Waals surface area contributed by atoms with Gasteiger partial charge in [0.15, 0.2) is 11.6 Å². The Balaban J connectivity index is 1.84.